The van der Waals surface area contributed by atoms with Crippen molar-refractivity contribution in [1.29, 1.82) is 5.26 Å². The van der Waals surface area contributed by atoms with E-state index in [0.717, 1.165) is 32.1 Å². The van der Waals surface area contributed by atoms with Gasteiger partial charge in [-0.05, 0) is 44.7 Å². The molecule has 0 unspecified atom stereocenters. The number of nitrogens with one attached hydrogen (secondary N) is 1. The number of rotatable bonds is 5. The van der Waals surface area contributed by atoms with Crippen LogP contribution in [0.25, 0.3) is 10.9 Å². The average molecular weight is 397 g/mol. The van der Waals surface area contributed by atoms with Crippen molar-refractivity contribution in [3.05, 3.63) is 34.6 Å². The molecule has 2 aliphatic carbocycles. The first-order chi connectivity index (χ1) is 13.5. The van der Waals surface area contributed by atoms with E-state index in [4.69, 9.17) is 0 Å². The fourth-order valence-corrected chi connectivity index (χ4v) is 4.81. The minimum absolute atomic E-state index is 0.0380. The predicted octanol–water partition coefficient (Wildman–Crippen LogP) is 3.55. The minimum Gasteiger partial charge on any atom is -0.337 e. The van der Waals surface area contributed by atoms with Gasteiger partial charge in [-0.25, -0.2) is 4.98 Å². The van der Waals surface area contributed by atoms with Gasteiger partial charge in [-0.15, -0.1) is 0 Å². The lowest BCUT2D eigenvalue weighted by Crippen LogP contribution is -2.51. The second kappa shape index (κ2) is 7.59. The fraction of sp³-hybridized carbons (Fsp3) is 0.524. The third-order valence-corrected chi connectivity index (χ3v) is 6.69. The van der Waals surface area contributed by atoms with Gasteiger partial charge >= 0.3 is 0 Å². The molecule has 6 nitrogen and oxygen atoms in total. The van der Waals surface area contributed by atoms with Gasteiger partial charge in [-0.1, -0.05) is 43.2 Å². The Balaban J connectivity index is 1.59. The number of fused-ring (bicyclic) bond motifs is 1. The molecule has 146 valence electrons. The molecule has 1 aromatic carbocycles. The fourth-order valence-electron chi connectivity index (χ4n) is 3.83. The van der Waals surface area contributed by atoms with E-state index < -0.39 is 10.8 Å². The van der Waals surface area contributed by atoms with Crippen LogP contribution in [-0.4, -0.2) is 26.2 Å². The van der Waals surface area contributed by atoms with Crippen molar-refractivity contribution in [2.24, 2.45) is 0 Å². The van der Waals surface area contributed by atoms with Gasteiger partial charge in [0, 0.05) is 6.04 Å². The Morgan fingerprint density at radius 2 is 2.04 bits per heavy atom. The molecule has 28 heavy (non-hydrogen) atoms. The first kappa shape index (κ1) is 19.0. The largest absolute Gasteiger partial charge is 0.337 e. The van der Waals surface area contributed by atoms with Crippen molar-refractivity contribution in [2.75, 3.05) is 0 Å². The van der Waals surface area contributed by atoms with Gasteiger partial charge in [-0.2, -0.15) is 5.26 Å². The zero-order chi connectivity index (χ0) is 19.7. The Kier molecular flexibility index (Phi) is 5.15. The molecular formula is C21H24N4O2S. The van der Waals surface area contributed by atoms with Gasteiger partial charge in [0.15, 0.2) is 5.16 Å². The van der Waals surface area contributed by atoms with Crippen LogP contribution >= 0.6 is 11.8 Å². The van der Waals surface area contributed by atoms with Crippen LogP contribution < -0.4 is 10.9 Å². The lowest BCUT2D eigenvalue weighted by Gasteiger charge is -2.32. The summed E-state index contributed by atoms with van der Waals surface area (Å²) < 4.78 is 1.75. The number of carbonyl (C=O) groups excluding carboxylic acids is 1. The standard InChI is InChI=1S/C21H24N4O2S/c1-14(18(26)24-21(13-22)11-5-2-6-12-21)28-20-23-17-8-4-3-7-16(17)19(27)25(20)15-9-10-15/h3-4,7-8,14-15H,2,5-6,9-12H2,1H3,(H,24,26)/t14-/m1/s1. The molecule has 1 atom stereocenters. The lowest BCUT2D eigenvalue weighted by atomic mass is 9.83. The van der Waals surface area contributed by atoms with Gasteiger partial charge in [0.05, 0.1) is 22.2 Å². The number of carbonyl (C=O) groups is 1. The van der Waals surface area contributed by atoms with Gasteiger partial charge in [0.25, 0.3) is 5.56 Å². The number of hydrogen-bond donors (Lipinski definition) is 1. The van der Waals surface area contributed by atoms with E-state index in [1.165, 1.54) is 11.8 Å². The number of thioether (sulfide) groups is 1. The minimum atomic E-state index is -0.753. The van der Waals surface area contributed by atoms with E-state index in [1.54, 1.807) is 10.6 Å². The summed E-state index contributed by atoms with van der Waals surface area (Å²) >= 11 is 1.30. The molecule has 0 bridgehead atoms. The second-order valence-corrected chi connectivity index (χ2v) is 9.13. The van der Waals surface area contributed by atoms with E-state index in [1.807, 2.05) is 25.1 Å². The maximum absolute atomic E-state index is 13.0. The van der Waals surface area contributed by atoms with Gasteiger partial charge in [0.1, 0.15) is 5.54 Å². The van der Waals surface area contributed by atoms with Crippen LogP contribution in [0.1, 0.15) is 57.9 Å². The highest BCUT2D eigenvalue weighted by Crippen LogP contribution is 2.38. The number of nitriles is 1. The third-order valence-electron chi connectivity index (χ3n) is 5.62. The Hall–Kier alpha value is -2.33. The van der Waals surface area contributed by atoms with E-state index in [9.17, 15) is 14.9 Å². The number of nitrogens with zero attached hydrogens (tertiary/aromatic N) is 3. The molecule has 0 aliphatic heterocycles. The number of aromatic nitrogens is 2. The van der Waals surface area contributed by atoms with Crippen LogP contribution in [0.3, 0.4) is 0 Å². The molecule has 0 saturated heterocycles. The van der Waals surface area contributed by atoms with Gasteiger partial charge in [0.2, 0.25) is 5.91 Å². The van der Waals surface area contributed by atoms with Crippen molar-refractivity contribution >= 4 is 28.6 Å². The van der Waals surface area contributed by atoms with E-state index in [-0.39, 0.29) is 17.5 Å². The zero-order valence-electron chi connectivity index (χ0n) is 16.0. The normalized spacial score (nSPS) is 19.7. The molecule has 2 aromatic rings. The van der Waals surface area contributed by atoms with Gasteiger partial charge < -0.3 is 5.32 Å². The van der Waals surface area contributed by atoms with E-state index in [2.05, 4.69) is 16.4 Å². The average Bonchev–Trinajstić information content (AvgIpc) is 3.54. The molecular weight excluding hydrogens is 372 g/mol. The summed E-state index contributed by atoms with van der Waals surface area (Å²) in [4.78, 5) is 30.5. The quantitative estimate of drug-likeness (QED) is 0.617. The molecule has 1 N–H and O–H groups in total. The second-order valence-electron chi connectivity index (χ2n) is 7.82. The number of amides is 1. The Morgan fingerprint density at radius 3 is 2.71 bits per heavy atom. The molecule has 7 heteroatoms. The van der Waals surface area contributed by atoms with Gasteiger partial charge in [-0.3, -0.25) is 14.2 Å². The van der Waals surface area contributed by atoms with Crippen LogP contribution in [0, 0.1) is 11.3 Å². The molecule has 1 amide bonds. The van der Waals surface area contributed by atoms with Crippen molar-refractivity contribution in [2.45, 2.75) is 73.9 Å². The molecule has 2 saturated carbocycles. The first-order valence-electron chi connectivity index (χ1n) is 9.94. The van der Waals surface area contributed by atoms with Crippen molar-refractivity contribution in [3.8, 4) is 6.07 Å². The number of hydrogen-bond acceptors (Lipinski definition) is 5. The molecule has 2 aliphatic rings. The number of benzene rings is 1. The SMILES string of the molecule is C[C@@H](Sc1nc2ccccc2c(=O)n1C1CC1)C(=O)NC1(C#N)CCCCC1. The van der Waals surface area contributed by atoms with Crippen LogP contribution in [0.15, 0.2) is 34.2 Å². The van der Waals surface area contributed by atoms with Crippen LogP contribution in [0.2, 0.25) is 0 Å². The number of para-hydroxylation sites is 1. The third kappa shape index (κ3) is 3.66. The maximum atomic E-state index is 13.0. The molecule has 1 aromatic heterocycles. The topological polar surface area (TPSA) is 87.8 Å². The summed E-state index contributed by atoms with van der Waals surface area (Å²) in [7, 11) is 0. The van der Waals surface area contributed by atoms with E-state index >= 15 is 0 Å². The predicted molar refractivity (Wildman–Crippen MR) is 109 cm³/mol. The van der Waals surface area contributed by atoms with Crippen LogP contribution in [-0.2, 0) is 4.79 Å². The molecule has 0 radical (unpaired) electrons. The summed E-state index contributed by atoms with van der Waals surface area (Å²) in [6.07, 6.45) is 6.36. The van der Waals surface area contributed by atoms with Crippen LogP contribution in [0.4, 0.5) is 0 Å². The Morgan fingerprint density at radius 1 is 1.32 bits per heavy atom. The van der Waals surface area contributed by atoms with E-state index in [0.29, 0.717) is 28.9 Å². The highest BCUT2D eigenvalue weighted by atomic mass is 32.2. The molecule has 4 rings (SSSR count). The van der Waals surface area contributed by atoms with Crippen molar-refractivity contribution < 1.29 is 4.79 Å². The monoisotopic (exact) mass is 396 g/mol. The zero-order valence-corrected chi connectivity index (χ0v) is 16.8. The summed E-state index contributed by atoms with van der Waals surface area (Å²) in [5.41, 5.74) is -0.138. The molecule has 2 fully saturated rings. The molecule has 0 spiro atoms. The Bertz CT molecular complexity index is 1000. The summed E-state index contributed by atoms with van der Waals surface area (Å²) in [6.45, 7) is 1.81. The van der Waals surface area contributed by atoms with Crippen molar-refractivity contribution in [3.63, 3.8) is 0 Å². The van der Waals surface area contributed by atoms with Crippen molar-refractivity contribution in [1.82, 2.24) is 14.9 Å². The maximum Gasteiger partial charge on any atom is 0.262 e. The highest BCUT2D eigenvalue weighted by Gasteiger charge is 2.36. The summed E-state index contributed by atoms with van der Waals surface area (Å²) in [6, 6.07) is 9.83. The first-order valence-corrected chi connectivity index (χ1v) is 10.8. The molecule has 1 heterocycles. The summed E-state index contributed by atoms with van der Waals surface area (Å²) in [5, 5.41) is 13.4. The summed E-state index contributed by atoms with van der Waals surface area (Å²) in [5.74, 6) is -0.168. The lowest BCUT2D eigenvalue weighted by molar-refractivity contribution is -0.121. The van der Waals surface area contributed by atoms with Crippen LogP contribution in [0.5, 0.6) is 0 Å². The smallest absolute Gasteiger partial charge is 0.262 e. The Labute approximate surface area is 168 Å². The highest BCUT2D eigenvalue weighted by molar-refractivity contribution is 8.00.